The lowest BCUT2D eigenvalue weighted by Crippen LogP contribution is -2.23. The van der Waals surface area contributed by atoms with Gasteiger partial charge < -0.3 is 14.4 Å². The van der Waals surface area contributed by atoms with Crippen LogP contribution < -0.4 is 9.64 Å². The van der Waals surface area contributed by atoms with Crippen molar-refractivity contribution in [1.29, 1.82) is 0 Å². The van der Waals surface area contributed by atoms with Gasteiger partial charge in [-0.25, -0.2) is 9.97 Å². The first-order valence-electron chi connectivity index (χ1n) is 8.98. The van der Waals surface area contributed by atoms with Crippen molar-refractivity contribution in [1.82, 2.24) is 9.97 Å². The van der Waals surface area contributed by atoms with Crippen LogP contribution in [0.4, 0.5) is 5.82 Å². The summed E-state index contributed by atoms with van der Waals surface area (Å²) in [6.07, 6.45) is 6.54. The number of ether oxygens (including phenoxy) is 1. The van der Waals surface area contributed by atoms with Crippen LogP contribution in [-0.4, -0.2) is 36.5 Å². The Morgan fingerprint density at radius 2 is 2.27 bits per heavy atom. The third kappa shape index (κ3) is 4.52. The number of aryl methyl sites for hydroxylation is 2. The zero-order valence-corrected chi connectivity index (χ0v) is 17.4. The molecule has 6 heteroatoms. The van der Waals surface area contributed by atoms with Gasteiger partial charge in [-0.15, -0.1) is 0 Å². The third-order valence-corrected chi connectivity index (χ3v) is 5.40. The normalized spacial score (nSPS) is 15.6. The molecule has 1 aliphatic carbocycles. The van der Waals surface area contributed by atoms with Crippen LogP contribution in [0.2, 0.25) is 0 Å². The SMILES string of the molecule is Cc1cnc(I)nc1N(C)CCCOc1ccc2c(c1)CC[C@H]2CC=O. The van der Waals surface area contributed by atoms with Crippen molar-refractivity contribution in [3.8, 4) is 5.75 Å². The average molecular weight is 465 g/mol. The molecule has 0 fully saturated rings. The zero-order valence-electron chi connectivity index (χ0n) is 15.2. The highest BCUT2D eigenvalue weighted by Gasteiger charge is 2.22. The van der Waals surface area contributed by atoms with Gasteiger partial charge in [-0.2, -0.15) is 0 Å². The van der Waals surface area contributed by atoms with Crippen molar-refractivity contribution >= 4 is 34.7 Å². The summed E-state index contributed by atoms with van der Waals surface area (Å²) in [6, 6.07) is 6.30. The molecule has 138 valence electrons. The minimum Gasteiger partial charge on any atom is -0.494 e. The fourth-order valence-corrected chi connectivity index (χ4v) is 3.90. The second-order valence-corrected chi connectivity index (χ2v) is 7.73. The van der Waals surface area contributed by atoms with Crippen LogP contribution >= 0.6 is 22.6 Å². The molecule has 2 aromatic rings. The monoisotopic (exact) mass is 465 g/mol. The van der Waals surface area contributed by atoms with Crippen molar-refractivity contribution in [2.24, 2.45) is 0 Å². The van der Waals surface area contributed by atoms with E-state index in [1.54, 1.807) is 0 Å². The number of rotatable bonds is 8. The van der Waals surface area contributed by atoms with Gasteiger partial charge in [0.1, 0.15) is 17.9 Å². The van der Waals surface area contributed by atoms with Crippen molar-refractivity contribution in [3.63, 3.8) is 0 Å². The van der Waals surface area contributed by atoms with Gasteiger partial charge in [0.15, 0.2) is 3.83 Å². The number of hydrogen-bond donors (Lipinski definition) is 0. The summed E-state index contributed by atoms with van der Waals surface area (Å²) in [4.78, 5) is 21.6. The Morgan fingerprint density at radius 1 is 1.42 bits per heavy atom. The molecule has 0 amide bonds. The van der Waals surface area contributed by atoms with E-state index in [9.17, 15) is 4.79 Å². The minimum atomic E-state index is 0.393. The van der Waals surface area contributed by atoms with E-state index in [2.05, 4.69) is 49.6 Å². The molecule has 1 aromatic carbocycles. The lowest BCUT2D eigenvalue weighted by molar-refractivity contribution is -0.108. The maximum absolute atomic E-state index is 10.8. The van der Waals surface area contributed by atoms with E-state index in [0.717, 1.165) is 53.1 Å². The van der Waals surface area contributed by atoms with Crippen LogP contribution in [0.15, 0.2) is 24.4 Å². The summed E-state index contributed by atoms with van der Waals surface area (Å²) in [5.41, 5.74) is 3.73. The van der Waals surface area contributed by atoms with Crippen LogP contribution in [0.5, 0.6) is 5.75 Å². The summed E-state index contributed by atoms with van der Waals surface area (Å²) in [5.74, 6) is 2.29. The Labute approximate surface area is 168 Å². The first-order valence-corrected chi connectivity index (χ1v) is 10.1. The van der Waals surface area contributed by atoms with E-state index in [4.69, 9.17) is 4.74 Å². The van der Waals surface area contributed by atoms with E-state index < -0.39 is 0 Å². The second kappa shape index (κ2) is 8.79. The summed E-state index contributed by atoms with van der Waals surface area (Å²) >= 11 is 2.14. The van der Waals surface area contributed by atoms with Crippen LogP contribution in [0.3, 0.4) is 0 Å². The number of carbonyl (C=O) groups is 1. The number of hydrogen-bond acceptors (Lipinski definition) is 5. The molecule has 0 unspecified atom stereocenters. The molecule has 1 aromatic heterocycles. The fraction of sp³-hybridized carbons (Fsp3) is 0.450. The molecule has 0 saturated heterocycles. The van der Waals surface area contributed by atoms with Gasteiger partial charge >= 0.3 is 0 Å². The molecular weight excluding hydrogens is 441 g/mol. The molecule has 5 nitrogen and oxygen atoms in total. The van der Waals surface area contributed by atoms with E-state index in [0.29, 0.717) is 18.9 Å². The number of fused-ring (bicyclic) bond motifs is 1. The van der Waals surface area contributed by atoms with Gasteiger partial charge in [-0.1, -0.05) is 6.07 Å². The molecule has 1 heterocycles. The Hall–Kier alpha value is -1.70. The molecule has 26 heavy (non-hydrogen) atoms. The number of halogens is 1. The van der Waals surface area contributed by atoms with Gasteiger partial charge in [-0.3, -0.25) is 0 Å². The highest BCUT2D eigenvalue weighted by molar-refractivity contribution is 14.1. The molecule has 3 rings (SSSR count). The Bertz CT molecular complexity index is 782. The zero-order chi connectivity index (χ0) is 18.5. The Morgan fingerprint density at radius 3 is 3.08 bits per heavy atom. The highest BCUT2D eigenvalue weighted by atomic mass is 127. The number of anilines is 1. The molecule has 0 radical (unpaired) electrons. The summed E-state index contributed by atoms with van der Waals surface area (Å²) in [5, 5.41) is 0. The molecule has 0 N–H and O–H groups in total. The van der Waals surface area contributed by atoms with Crippen LogP contribution in [0.1, 0.15) is 41.9 Å². The predicted molar refractivity (Wildman–Crippen MR) is 111 cm³/mol. The molecule has 0 saturated carbocycles. The summed E-state index contributed by atoms with van der Waals surface area (Å²) in [7, 11) is 2.05. The Balaban J connectivity index is 1.50. The number of aromatic nitrogens is 2. The largest absolute Gasteiger partial charge is 0.494 e. The van der Waals surface area contributed by atoms with Crippen LogP contribution in [0, 0.1) is 10.8 Å². The van der Waals surface area contributed by atoms with Crippen molar-refractivity contribution in [2.75, 3.05) is 25.1 Å². The summed E-state index contributed by atoms with van der Waals surface area (Å²) < 4.78 is 6.70. The van der Waals surface area contributed by atoms with Crippen molar-refractivity contribution in [2.45, 2.75) is 38.5 Å². The Kier molecular flexibility index (Phi) is 6.45. The fourth-order valence-electron chi connectivity index (χ4n) is 3.53. The average Bonchev–Trinajstić information content (AvgIpc) is 3.03. The first kappa shape index (κ1) is 19.1. The van der Waals surface area contributed by atoms with Gasteiger partial charge in [0.05, 0.1) is 6.61 Å². The molecule has 1 atom stereocenters. The van der Waals surface area contributed by atoms with Crippen LogP contribution in [0.25, 0.3) is 0 Å². The minimum absolute atomic E-state index is 0.393. The quantitative estimate of drug-likeness (QED) is 0.256. The number of nitrogens with zero attached hydrogens (tertiary/aromatic N) is 3. The summed E-state index contributed by atoms with van der Waals surface area (Å²) in [6.45, 7) is 3.57. The van der Waals surface area contributed by atoms with Crippen molar-refractivity contribution in [3.05, 3.63) is 44.9 Å². The number of aldehydes is 1. The van der Waals surface area contributed by atoms with E-state index in [1.807, 2.05) is 26.2 Å². The maximum atomic E-state index is 10.8. The van der Waals surface area contributed by atoms with Gasteiger partial charge in [0, 0.05) is 54.4 Å². The third-order valence-electron chi connectivity index (χ3n) is 4.88. The maximum Gasteiger partial charge on any atom is 0.192 e. The molecule has 1 aliphatic rings. The molecule has 0 spiro atoms. The van der Waals surface area contributed by atoms with Crippen LogP contribution in [-0.2, 0) is 11.2 Å². The lowest BCUT2D eigenvalue weighted by atomic mass is 9.99. The lowest BCUT2D eigenvalue weighted by Gasteiger charge is -2.20. The van der Waals surface area contributed by atoms with Gasteiger partial charge in [0.2, 0.25) is 0 Å². The highest BCUT2D eigenvalue weighted by Crippen LogP contribution is 2.36. The van der Waals surface area contributed by atoms with E-state index in [-0.39, 0.29) is 0 Å². The van der Waals surface area contributed by atoms with Gasteiger partial charge in [-0.05, 0) is 55.4 Å². The van der Waals surface area contributed by atoms with Gasteiger partial charge in [0.25, 0.3) is 0 Å². The molecular formula is C20H24IN3O2. The predicted octanol–water partition coefficient (Wildman–Crippen LogP) is 3.91. The second-order valence-electron chi connectivity index (χ2n) is 6.77. The van der Waals surface area contributed by atoms with E-state index >= 15 is 0 Å². The number of benzene rings is 1. The smallest absolute Gasteiger partial charge is 0.192 e. The van der Waals surface area contributed by atoms with E-state index in [1.165, 1.54) is 11.1 Å². The topological polar surface area (TPSA) is 55.3 Å². The van der Waals surface area contributed by atoms with Crippen molar-refractivity contribution < 1.29 is 9.53 Å². The molecule has 0 aliphatic heterocycles. The standard InChI is InChI=1S/C20H24IN3O2/c1-14-13-22-20(21)23-19(14)24(2)9-3-11-26-17-6-7-18-15(8-10-25)4-5-16(18)12-17/h6-7,10,12-13,15H,3-5,8-9,11H2,1-2H3/t15-/m0/s1. The first-order chi connectivity index (χ1) is 12.6. The number of carbonyl (C=O) groups excluding carboxylic acids is 1. The molecule has 0 bridgehead atoms.